The molecule has 0 bridgehead atoms. The van der Waals surface area contributed by atoms with Crippen LogP contribution in [0.2, 0.25) is 0 Å². The second kappa shape index (κ2) is 8.07. The zero-order chi connectivity index (χ0) is 21.4. The Morgan fingerprint density at radius 3 is 2.21 bits per heavy atom. The maximum atomic E-state index is 12.8. The normalized spacial score (nSPS) is 22.1. The van der Waals surface area contributed by atoms with Gasteiger partial charge in [-0.3, -0.25) is 9.59 Å². The van der Waals surface area contributed by atoms with Crippen molar-refractivity contribution in [3.8, 4) is 0 Å². The van der Waals surface area contributed by atoms with Crippen molar-refractivity contribution in [1.29, 1.82) is 0 Å². The molecule has 29 heavy (non-hydrogen) atoms. The molecule has 0 aromatic heterocycles. The summed E-state index contributed by atoms with van der Waals surface area (Å²) in [6, 6.07) is 6.28. The van der Waals surface area contributed by atoms with Gasteiger partial charge in [0.1, 0.15) is 0 Å². The highest BCUT2D eigenvalue weighted by atomic mass is 32.2. The SMILES string of the molecule is CC1CCN(S(=O)(=O)c2ccc(NC(=O)[C@@H]3CC(=O)N(C(C)(C)C)C3)cc2)CC1. The lowest BCUT2D eigenvalue weighted by Crippen LogP contribution is -2.42. The molecule has 2 aliphatic rings. The fraction of sp³-hybridized carbons (Fsp3) is 0.619. The second-order valence-electron chi connectivity index (χ2n) is 9.18. The standard InChI is InChI=1S/C21H31N3O4S/c1-15-9-11-23(12-10-15)29(27,28)18-7-5-17(6-8-18)22-20(26)16-13-19(25)24(14-16)21(2,3)4/h5-8,15-16H,9-14H2,1-4H3,(H,22,26)/t16-/m1/s1. The lowest BCUT2D eigenvalue weighted by Gasteiger charge is -2.31. The molecular weight excluding hydrogens is 390 g/mol. The van der Waals surface area contributed by atoms with E-state index in [1.807, 2.05) is 20.8 Å². The van der Waals surface area contributed by atoms with Gasteiger partial charge in [0.05, 0.1) is 10.8 Å². The van der Waals surface area contributed by atoms with E-state index in [1.165, 1.54) is 16.4 Å². The highest BCUT2D eigenvalue weighted by Gasteiger charge is 2.39. The maximum absolute atomic E-state index is 12.8. The van der Waals surface area contributed by atoms with Crippen LogP contribution in [-0.2, 0) is 19.6 Å². The summed E-state index contributed by atoms with van der Waals surface area (Å²) in [4.78, 5) is 26.7. The number of carbonyl (C=O) groups is 2. The number of nitrogens with one attached hydrogen (secondary N) is 1. The van der Waals surface area contributed by atoms with Crippen molar-refractivity contribution in [3.63, 3.8) is 0 Å². The number of rotatable bonds is 4. The van der Waals surface area contributed by atoms with Crippen molar-refractivity contribution >= 4 is 27.5 Å². The Kier molecular flexibility index (Phi) is 6.06. The summed E-state index contributed by atoms with van der Waals surface area (Å²) in [5, 5.41) is 2.81. The summed E-state index contributed by atoms with van der Waals surface area (Å²) in [5.74, 6) is -0.0862. The van der Waals surface area contributed by atoms with Crippen molar-refractivity contribution in [2.75, 3.05) is 25.0 Å². The van der Waals surface area contributed by atoms with E-state index in [0.29, 0.717) is 31.2 Å². The molecule has 3 rings (SSSR count). The van der Waals surface area contributed by atoms with Crippen LogP contribution in [0, 0.1) is 11.8 Å². The molecule has 1 atom stereocenters. The molecule has 1 aromatic carbocycles. The van der Waals surface area contributed by atoms with Gasteiger partial charge >= 0.3 is 0 Å². The second-order valence-corrected chi connectivity index (χ2v) is 11.1. The predicted molar refractivity (Wildman–Crippen MR) is 112 cm³/mol. The number of sulfonamides is 1. The summed E-state index contributed by atoms with van der Waals surface area (Å²) in [5.41, 5.74) is 0.219. The molecule has 0 aliphatic carbocycles. The monoisotopic (exact) mass is 421 g/mol. The van der Waals surface area contributed by atoms with Crippen LogP contribution in [0.1, 0.15) is 47.0 Å². The largest absolute Gasteiger partial charge is 0.337 e. The number of anilines is 1. The van der Waals surface area contributed by atoms with Crippen molar-refractivity contribution in [2.45, 2.75) is 57.4 Å². The van der Waals surface area contributed by atoms with E-state index >= 15 is 0 Å². The van der Waals surface area contributed by atoms with Gasteiger partial charge in [-0.2, -0.15) is 4.31 Å². The average molecular weight is 422 g/mol. The number of hydrogen-bond donors (Lipinski definition) is 1. The number of benzene rings is 1. The number of piperidine rings is 1. The van der Waals surface area contributed by atoms with Gasteiger partial charge in [-0.1, -0.05) is 6.92 Å². The topological polar surface area (TPSA) is 86.8 Å². The van der Waals surface area contributed by atoms with Crippen LogP contribution in [0.4, 0.5) is 5.69 Å². The predicted octanol–water partition coefficient (Wildman–Crippen LogP) is 2.69. The van der Waals surface area contributed by atoms with E-state index in [4.69, 9.17) is 0 Å². The van der Waals surface area contributed by atoms with Crippen LogP contribution < -0.4 is 5.32 Å². The molecule has 8 heteroatoms. The van der Waals surface area contributed by atoms with Gasteiger partial charge in [0.2, 0.25) is 21.8 Å². The van der Waals surface area contributed by atoms with E-state index in [9.17, 15) is 18.0 Å². The van der Waals surface area contributed by atoms with E-state index < -0.39 is 15.9 Å². The molecule has 2 heterocycles. The van der Waals surface area contributed by atoms with Crippen LogP contribution in [0.5, 0.6) is 0 Å². The summed E-state index contributed by atoms with van der Waals surface area (Å²) < 4.78 is 27.1. The van der Waals surface area contributed by atoms with E-state index in [2.05, 4.69) is 12.2 Å². The molecule has 1 N–H and O–H groups in total. The Hall–Kier alpha value is -1.93. The van der Waals surface area contributed by atoms with Gasteiger partial charge in [-0.25, -0.2) is 8.42 Å². The quantitative estimate of drug-likeness (QED) is 0.810. The van der Waals surface area contributed by atoms with Gasteiger partial charge in [0.25, 0.3) is 0 Å². The average Bonchev–Trinajstić information content (AvgIpc) is 3.05. The fourth-order valence-corrected chi connectivity index (χ4v) is 5.33. The van der Waals surface area contributed by atoms with E-state index in [1.54, 1.807) is 17.0 Å². The van der Waals surface area contributed by atoms with Crippen LogP contribution in [0.25, 0.3) is 0 Å². The molecular formula is C21H31N3O4S. The van der Waals surface area contributed by atoms with E-state index in [-0.39, 0.29) is 28.7 Å². The Morgan fingerprint density at radius 1 is 1.10 bits per heavy atom. The molecule has 2 saturated heterocycles. The van der Waals surface area contributed by atoms with Crippen molar-refractivity contribution in [1.82, 2.24) is 9.21 Å². The van der Waals surface area contributed by atoms with Crippen LogP contribution in [0.15, 0.2) is 29.2 Å². The molecule has 2 fully saturated rings. The van der Waals surface area contributed by atoms with Crippen LogP contribution in [0.3, 0.4) is 0 Å². The molecule has 2 aliphatic heterocycles. The first-order chi connectivity index (χ1) is 13.5. The molecule has 1 aromatic rings. The fourth-order valence-electron chi connectivity index (χ4n) is 3.86. The number of hydrogen-bond acceptors (Lipinski definition) is 4. The third kappa shape index (κ3) is 4.80. The Labute approximate surface area is 173 Å². The van der Waals surface area contributed by atoms with Crippen molar-refractivity contribution < 1.29 is 18.0 Å². The summed E-state index contributed by atoms with van der Waals surface area (Å²) in [6.45, 7) is 9.48. The minimum atomic E-state index is -3.51. The summed E-state index contributed by atoms with van der Waals surface area (Å²) in [7, 11) is -3.51. The van der Waals surface area contributed by atoms with Gasteiger partial charge < -0.3 is 10.2 Å². The highest BCUT2D eigenvalue weighted by Crippen LogP contribution is 2.28. The third-order valence-corrected chi connectivity index (χ3v) is 7.72. The van der Waals surface area contributed by atoms with Crippen LogP contribution >= 0.6 is 0 Å². The summed E-state index contributed by atoms with van der Waals surface area (Å²) in [6.07, 6.45) is 1.95. The zero-order valence-corrected chi connectivity index (χ0v) is 18.5. The first-order valence-corrected chi connectivity index (χ1v) is 11.6. The highest BCUT2D eigenvalue weighted by molar-refractivity contribution is 7.89. The van der Waals surface area contributed by atoms with Crippen LogP contribution in [-0.4, -0.2) is 54.6 Å². The number of carbonyl (C=O) groups excluding carboxylic acids is 2. The number of amides is 2. The smallest absolute Gasteiger partial charge is 0.243 e. The van der Waals surface area contributed by atoms with Gasteiger partial charge in [-0.15, -0.1) is 0 Å². The number of likely N-dealkylation sites (tertiary alicyclic amines) is 1. The molecule has 0 saturated carbocycles. The minimum absolute atomic E-state index is 0.0186. The molecule has 2 amide bonds. The van der Waals surface area contributed by atoms with Gasteiger partial charge in [-0.05, 0) is 63.8 Å². The van der Waals surface area contributed by atoms with Gasteiger partial charge in [0, 0.05) is 37.3 Å². The van der Waals surface area contributed by atoms with E-state index in [0.717, 1.165) is 12.8 Å². The molecule has 0 unspecified atom stereocenters. The molecule has 160 valence electrons. The lowest BCUT2D eigenvalue weighted by atomic mass is 10.0. The lowest BCUT2D eigenvalue weighted by molar-refractivity contribution is -0.131. The Bertz CT molecular complexity index is 866. The van der Waals surface area contributed by atoms with Crippen molar-refractivity contribution in [3.05, 3.63) is 24.3 Å². The molecule has 7 nitrogen and oxygen atoms in total. The maximum Gasteiger partial charge on any atom is 0.243 e. The number of nitrogens with zero attached hydrogens (tertiary/aromatic N) is 2. The Balaban J connectivity index is 1.64. The minimum Gasteiger partial charge on any atom is -0.337 e. The zero-order valence-electron chi connectivity index (χ0n) is 17.6. The van der Waals surface area contributed by atoms with Crippen molar-refractivity contribution in [2.24, 2.45) is 11.8 Å². The first-order valence-electron chi connectivity index (χ1n) is 10.2. The van der Waals surface area contributed by atoms with Gasteiger partial charge in [0.15, 0.2) is 0 Å². The third-order valence-electron chi connectivity index (χ3n) is 5.81. The summed E-state index contributed by atoms with van der Waals surface area (Å²) >= 11 is 0. The first kappa shape index (κ1) is 21.8. The molecule has 0 radical (unpaired) electrons. The molecule has 0 spiro atoms. The Morgan fingerprint density at radius 2 is 1.69 bits per heavy atom.